The first-order chi connectivity index (χ1) is 9.79. The summed E-state index contributed by atoms with van der Waals surface area (Å²) in [5, 5.41) is 4.12. The highest BCUT2D eigenvalue weighted by molar-refractivity contribution is 6.30. The van der Waals surface area contributed by atoms with Crippen molar-refractivity contribution in [1.82, 2.24) is 5.32 Å². The number of halogens is 1. The molecular weight excluding hydrogens is 266 g/mol. The van der Waals surface area contributed by atoms with E-state index in [9.17, 15) is 0 Å². The number of aryl methyl sites for hydroxylation is 1. The summed E-state index contributed by atoms with van der Waals surface area (Å²) in [6, 6.07) is 18.9. The summed E-state index contributed by atoms with van der Waals surface area (Å²) in [4.78, 5) is 0. The predicted octanol–water partition coefficient (Wildman–Crippen LogP) is 4.67. The molecule has 2 rings (SSSR count). The van der Waals surface area contributed by atoms with Gasteiger partial charge in [0.2, 0.25) is 0 Å². The summed E-state index contributed by atoms with van der Waals surface area (Å²) in [6.07, 6.45) is 3.51. The highest BCUT2D eigenvalue weighted by Gasteiger charge is 2.10. The maximum absolute atomic E-state index is 6.10. The molecule has 0 heterocycles. The lowest BCUT2D eigenvalue weighted by Crippen LogP contribution is -2.17. The summed E-state index contributed by atoms with van der Waals surface area (Å²) in [5.74, 6) is 0.530. The minimum Gasteiger partial charge on any atom is -0.319 e. The zero-order chi connectivity index (χ0) is 14.2. The molecule has 20 heavy (non-hydrogen) atoms. The molecule has 1 N–H and O–H groups in total. The third kappa shape index (κ3) is 4.66. The smallest absolute Gasteiger partial charge is 0.0408 e. The number of rotatable bonds is 7. The third-order valence-corrected chi connectivity index (χ3v) is 3.87. The van der Waals surface area contributed by atoms with E-state index >= 15 is 0 Å². The van der Waals surface area contributed by atoms with Gasteiger partial charge in [-0.2, -0.15) is 0 Å². The van der Waals surface area contributed by atoms with E-state index in [1.807, 2.05) is 19.2 Å². The van der Waals surface area contributed by atoms with Crippen molar-refractivity contribution in [2.24, 2.45) is 0 Å². The van der Waals surface area contributed by atoms with Crippen LogP contribution in [-0.4, -0.2) is 13.6 Å². The van der Waals surface area contributed by atoms with E-state index in [4.69, 9.17) is 11.6 Å². The number of likely N-dealkylation sites (N-methyl/N-ethyl adjacent to an activating group) is 1. The van der Waals surface area contributed by atoms with Crippen LogP contribution in [0, 0.1) is 0 Å². The van der Waals surface area contributed by atoms with Crippen LogP contribution in [0.5, 0.6) is 0 Å². The molecule has 1 atom stereocenters. The molecule has 0 radical (unpaired) electrons. The Kier molecular flexibility index (Phi) is 6.10. The van der Waals surface area contributed by atoms with Crippen LogP contribution in [0.4, 0.5) is 0 Å². The largest absolute Gasteiger partial charge is 0.319 e. The normalized spacial score (nSPS) is 12.3. The molecule has 2 aromatic carbocycles. The quantitative estimate of drug-likeness (QED) is 0.780. The van der Waals surface area contributed by atoms with Crippen molar-refractivity contribution in [3.05, 3.63) is 70.7 Å². The molecule has 0 saturated heterocycles. The van der Waals surface area contributed by atoms with Crippen LogP contribution in [0.15, 0.2) is 54.6 Å². The molecule has 0 bridgehead atoms. The van der Waals surface area contributed by atoms with Gasteiger partial charge in [-0.3, -0.25) is 0 Å². The Bertz CT molecular complexity index is 510. The maximum atomic E-state index is 6.10. The molecule has 2 heteroatoms. The Morgan fingerprint density at radius 3 is 2.55 bits per heavy atom. The summed E-state index contributed by atoms with van der Waals surface area (Å²) in [7, 11) is 2.01. The van der Waals surface area contributed by atoms with Gasteiger partial charge in [0.15, 0.2) is 0 Å². The van der Waals surface area contributed by atoms with E-state index in [0.717, 1.165) is 18.0 Å². The van der Waals surface area contributed by atoms with Gasteiger partial charge in [0.25, 0.3) is 0 Å². The van der Waals surface area contributed by atoms with Crippen molar-refractivity contribution in [2.75, 3.05) is 13.6 Å². The molecule has 0 fully saturated rings. The summed E-state index contributed by atoms with van der Waals surface area (Å²) < 4.78 is 0. The van der Waals surface area contributed by atoms with Gasteiger partial charge < -0.3 is 5.32 Å². The zero-order valence-electron chi connectivity index (χ0n) is 12.0. The van der Waals surface area contributed by atoms with Crippen LogP contribution < -0.4 is 5.32 Å². The van der Waals surface area contributed by atoms with Crippen molar-refractivity contribution in [1.29, 1.82) is 0 Å². The van der Waals surface area contributed by atoms with Crippen LogP contribution in [0.2, 0.25) is 5.02 Å². The molecule has 0 aromatic heterocycles. The number of hydrogen-bond donors (Lipinski definition) is 1. The standard InChI is InChI=1S/C18H22ClN/c1-20-14-17(16-10-6-12-18(19)13-16)11-5-9-15-7-3-2-4-8-15/h2-4,6-8,10,12-13,17,20H,5,9,11,14H2,1H3. The van der Waals surface area contributed by atoms with E-state index in [1.54, 1.807) is 0 Å². The molecule has 0 spiro atoms. The number of nitrogens with one attached hydrogen (secondary N) is 1. The molecule has 1 unspecified atom stereocenters. The molecule has 0 amide bonds. The first-order valence-corrected chi connectivity index (χ1v) is 7.61. The minimum atomic E-state index is 0.530. The van der Waals surface area contributed by atoms with Crippen LogP contribution >= 0.6 is 11.6 Å². The molecule has 0 saturated carbocycles. The Morgan fingerprint density at radius 2 is 1.85 bits per heavy atom. The molecule has 1 nitrogen and oxygen atoms in total. The van der Waals surface area contributed by atoms with E-state index in [0.29, 0.717) is 5.92 Å². The lowest BCUT2D eigenvalue weighted by Gasteiger charge is -2.17. The van der Waals surface area contributed by atoms with Crippen molar-refractivity contribution in [3.8, 4) is 0 Å². The maximum Gasteiger partial charge on any atom is 0.0408 e. The average Bonchev–Trinajstić information content (AvgIpc) is 2.47. The fourth-order valence-electron chi connectivity index (χ4n) is 2.59. The number of benzene rings is 2. The summed E-state index contributed by atoms with van der Waals surface area (Å²) in [5.41, 5.74) is 2.75. The predicted molar refractivity (Wildman–Crippen MR) is 87.5 cm³/mol. The van der Waals surface area contributed by atoms with Gasteiger partial charge in [-0.05, 0) is 55.5 Å². The van der Waals surface area contributed by atoms with Gasteiger partial charge in [0, 0.05) is 11.6 Å². The van der Waals surface area contributed by atoms with Gasteiger partial charge in [-0.1, -0.05) is 54.1 Å². The van der Waals surface area contributed by atoms with Gasteiger partial charge in [0.1, 0.15) is 0 Å². The topological polar surface area (TPSA) is 12.0 Å². The summed E-state index contributed by atoms with van der Waals surface area (Å²) in [6.45, 7) is 0.995. The van der Waals surface area contributed by atoms with Crippen molar-refractivity contribution < 1.29 is 0 Å². The van der Waals surface area contributed by atoms with Crippen molar-refractivity contribution in [3.63, 3.8) is 0 Å². The second-order valence-corrected chi connectivity index (χ2v) is 5.62. The summed E-state index contributed by atoms with van der Waals surface area (Å²) >= 11 is 6.10. The Balaban J connectivity index is 1.92. The number of hydrogen-bond acceptors (Lipinski definition) is 1. The van der Waals surface area contributed by atoms with Crippen LogP contribution in [0.3, 0.4) is 0 Å². The van der Waals surface area contributed by atoms with Crippen LogP contribution in [0.25, 0.3) is 0 Å². The molecule has 106 valence electrons. The van der Waals surface area contributed by atoms with E-state index in [1.165, 1.54) is 24.0 Å². The van der Waals surface area contributed by atoms with Crippen LogP contribution in [0.1, 0.15) is 29.9 Å². The Hall–Kier alpha value is -1.31. The van der Waals surface area contributed by atoms with Crippen LogP contribution in [-0.2, 0) is 6.42 Å². The highest BCUT2D eigenvalue weighted by atomic mass is 35.5. The minimum absolute atomic E-state index is 0.530. The first kappa shape index (κ1) is 15.1. The second kappa shape index (κ2) is 8.08. The molecule has 0 aliphatic rings. The fourth-order valence-corrected chi connectivity index (χ4v) is 2.79. The second-order valence-electron chi connectivity index (χ2n) is 5.19. The van der Waals surface area contributed by atoms with Gasteiger partial charge >= 0.3 is 0 Å². The average molecular weight is 288 g/mol. The monoisotopic (exact) mass is 287 g/mol. The lowest BCUT2D eigenvalue weighted by molar-refractivity contribution is 0.560. The third-order valence-electron chi connectivity index (χ3n) is 3.63. The SMILES string of the molecule is CNCC(CCCc1ccccc1)c1cccc(Cl)c1. The molecule has 0 aliphatic carbocycles. The van der Waals surface area contributed by atoms with Crippen molar-refractivity contribution >= 4 is 11.6 Å². The lowest BCUT2D eigenvalue weighted by atomic mass is 9.92. The zero-order valence-corrected chi connectivity index (χ0v) is 12.7. The fraction of sp³-hybridized carbons (Fsp3) is 0.333. The molecular formula is C18H22ClN. The molecule has 2 aromatic rings. The Morgan fingerprint density at radius 1 is 1.05 bits per heavy atom. The van der Waals surface area contributed by atoms with Crippen molar-refractivity contribution in [2.45, 2.75) is 25.2 Å². The van der Waals surface area contributed by atoms with Gasteiger partial charge in [-0.15, -0.1) is 0 Å². The first-order valence-electron chi connectivity index (χ1n) is 7.23. The highest BCUT2D eigenvalue weighted by Crippen LogP contribution is 2.24. The molecule has 0 aliphatic heterocycles. The van der Waals surface area contributed by atoms with Gasteiger partial charge in [-0.25, -0.2) is 0 Å². The Labute approximate surface area is 127 Å². The van der Waals surface area contributed by atoms with Gasteiger partial charge in [0.05, 0.1) is 0 Å². The van der Waals surface area contributed by atoms with E-state index < -0.39 is 0 Å². The van der Waals surface area contributed by atoms with E-state index in [2.05, 4.69) is 47.8 Å². The van der Waals surface area contributed by atoms with E-state index in [-0.39, 0.29) is 0 Å².